The predicted octanol–water partition coefficient (Wildman–Crippen LogP) is 8.77. The molecular weight excluding hydrogens is 448 g/mol. The summed E-state index contributed by atoms with van der Waals surface area (Å²) in [5.41, 5.74) is 2.95. The van der Waals surface area contributed by atoms with Crippen LogP contribution < -0.4 is 14.2 Å². The van der Waals surface area contributed by atoms with E-state index in [4.69, 9.17) is 14.2 Å². The zero-order chi connectivity index (χ0) is 26.5. The number of carbonyl (C=O) groups is 1. The Kier molecular flexibility index (Phi) is 12.9. The van der Waals surface area contributed by atoms with Crippen LogP contribution in [0.5, 0.6) is 17.2 Å². The lowest BCUT2D eigenvalue weighted by molar-refractivity contribution is 0.0972. The van der Waals surface area contributed by atoms with Crippen molar-refractivity contribution < 1.29 is 19.0 Å². The Balaban J connectivity index is 2.30. The first-order valence-electron chi connectivity index (χ1n) is 14.1. The van der Waals surface area contributed by atoms with Gasteiger partial charge in [0.05, 0.1) is 23.9 Å². The summed E-state index contributed by atoms with van der Waals surface area (Å²) in [7, 11) is 0. The summed E-state index contributed by atoms with van der Waals surface area (Å²) in [6.45, 7) is 14.8. The van der Waals surface area contributed by atoms with Crippen molar-refractivity contribution in [1.29, 1.82) is 0 Å². The van der Waals surface area contributed by atoms with E-state index in [1.807, 2.05) is 18.2 Å². The highest BCUT2D eigenvalue weighted by atomic mass is 16.5. The van der Waals surface area contributed by atoms with Crippen molar-refractivity contribution in [3.8, 4) is 17.2 Å². The summed E-state index contributed by atoms with van der Waals surface area (Å²) < 4.78 is 18.8. The third kappa shape index (κ3) is 9.19. The van der Waals surface area contributed by atoms with Gasteiger partial charge >= 0.3 is 0 Å². The van der Waals surface area contributed by atoms with E-state index in [1.165, 1.54) is 5.56 Å². The van der Waals surface area contributed by atoms with Gasteiger partial charge in [-0.05, 0) is 82.2 Å². The van der Waals surface area contributed by atoms with Crippen LogP contribution in [0.4, 0.5) is 0 Å². The third-order valence-electron chi connectivity index (χ3n) is 6.49. The average Bonchev–Trinajstić information content (AvgIpc) is 2.84. The second kappa shape index (κ2) is 15.6. The summed E-state index contributed by atoms with van der Waals surface area (Å²) >= 11 is 0. The number of carbonyl (C=O) groups excluding carboxylic acids is 1. The Morgan fingerprint density at radius 1 is 0.750 bits per heavy atom. The normalized spacial score (nSPS) is 13.6. The van der Waals surface area contributed by atoms with Gasteiger partial charge in [0, 0.05) is 6.42 Å². The second-order valence-corrected chi connectivity index (χ2v) is 10.0. The number of benzene rings is 2. The molecule has 0 aliphatic rings. The zero-order valence-corrected chi connectivity index (χ0v) is 23.7. The van der Waals surface area contributed by atoms with E-state index in [9.17, 15) is 4.79 Å². The number of aryl methyl sites for hydroxylation is 2. The van der Waals surface area contributed by atoms with Crippen molar-refractivity contribution in [3.05, 3.63) is 53.1 Å². The molecule has 0 aliphatic heterocycles. The average molecular weight is 497 g/mol. The van der Waals surface area contributed by atoms with E-state index < -0.39 is 0 Å². The number of hydrogen-bond donors (Lipinski definition) is 0. The monoisotopic (exact) mass is 496 g/mol. The first-order valence-corrected chi connectivity index (χ1v) is 14.1. The fourth-order valence-corrected chi connectivity index (χ4v) is 4.53. The minimum atomic E-state index is 0.00840. The van der Waals surface area contributed by atoms with Gasteiger partial charge in [-0.2, -0.15) is 0 Å². The SMILES string of the molecule is CCCC(C)Oc1ccc(CC)cc1CCC(=O)c1cccc(OC(C)CCC)c1OC(C)CCC. The molecule has 0 amide bonds. The Morgan fingerprint density at radius 2 is 1.33 bits per heavy atom. The van der Waals surface area contributed by atoms with Gasteiger partial charge in [0.2, 0.25) is 0 Å². The minimum absolute atomic E-state index is 0.00840. The molecule has 0 heterocycles. The lowest BCUT2D eigenvalue weighted by Gasteiger charge is -2.22. The quantitative estimate of drug-likeness (QED) is 0.205. The van der Waals surface area contributed by atoms with Crippen LogP contribution in [0.3, 0.4) is 0 Å². The Hall–Kier alpha value is -2.49. The van der Waals surface area contributed by atoms with Crippen molar-refractivity contribution >= 4 is 5.78 Å². The summed E-state index contributed by atoms with van der Waals surface area (Å²) in [4.78, 5) is 13.6. The highest BCUT2D eigenvalue weighted by Gasteiger charge is 2.21. The van der Waals surface area contributed by atoms with Crippen LogP contribution in [-0.2, 0) is 12.8 Å². The molecule has 200 valence electrons. The van der Waals surface area contributed by atoms with Crippen LogP contribution in [0.25, 0.3) is 0 Å². The standard InChI is InChI=1S/C32H48O4/c1-8-13-23(5)34-30-21-18-26(11-4)22-27(30)19-20-29(33)28-16-12-17-31(35-24(6)14-9-2)32(28)36-25(7)15-10-3/h12,16-18,21-25H,8-11,13-15,19-20H2,1-7H3. The molecule has 0 spiro atoms. The Bertz CT molecular complexity index is 936. The van der Waals surface area contributed by atoms with Gasteiger partial charge < -0.3 is 14.2 Å². The fraction of sp³-hybridized carbons (Fsp3) is 0.594. The van der Waals surface area contributed by atoms with Crippen molar-refractivity contribution in [2.45, 2.75) is 125 Å². The van der Waals surface area contributed by atoms with E-state index in [1.54, 1.807) is 0 Å². The smallest absolute Gasteiger partial charge is 0.172 e. The molecule has 2 aromatic rings. The molecule has 0 aliphatic carbocycles. The summed E-state index contributed by atoms with van der Waals surface area (Å²) in [6.07, 6.45) is 8.21. The van der Waals surface area contributed by atoms with E-state index in [0.29, 0.717) is 29.9 Å². The molecule has 2 rings (SSSR count). The molecule has 3 atom stereocenters. The number of Topliss-reactive ketones (excluding diaryl/α,β-unsaturated/α-hetero) is 1. The molecule has 0 N–H and O–H groups in total. The van der Waals surface area contributed by atoms with E-state index in [0.717, 1.165) is 56.3 Å². The second-order valence-electron chi connectivity index (χ2n) is 10.0. The van der Waals surface area contributed by atoms with Gasteiger partial charge in [0.25, 0.3) is 0 Å². The fourth-order valence-electron chi connectivity index (χ4n) is 4.53. The van der Waals surface area contributed by atoms with E-state index in [-0.39, 0.29) is 24.1 Å². The van der Waals surface area contributed by atoms with Crippen molar-refractivity contribution in [1.82, 2.24) is 0 Å². The molecule has 4 heteroatoms. The molecular formula is C32H48O4. The Morgan fingerprint density at radius 3 is 1.92 bits per heavy atom. The lowest BCUT2D eigenvalue weighted by atomic mass is 9.99. The van der Waals surface area contributed by atoms with E-state index >= 15 is 0 Å². The van der Waals surface area contributed by atoms with Crippen LogP contribution in [0.15, 0.2) is 36.4 Å². The molecule has 0 saturated carbocycles. The third-order valence-corrected chi connectivity index (χ3v) is 6.49. The van der Waals surface area contributed by atoms with Crippen LogP contribution in [-0.4, -0.2) is 24.1 Å². The highest BCUT2D eigenvalue weighted by molar-refractivity contribution is 5.99. The van der Waals surface area contributed by atoms with Gasteiger partial charge in [-0.25, -0.2) is 0 Å². The molecule has 3 unspecified atom stereocenters. The number of rotatable bonds is 17. The largest absolute Gasteiger partial charge is 0.490 e. The van der Waals surface area contributed by atoms with Crippen molar-refractivity contribution in [2.24, 2.45) is 0 Å². The Labute approximate surface area is 219 Å². The summed E-state index contributed by atoms with van der Waals surface area (Å²) in [5.74, 6) is 2.20. The molecule has 0 aromatic heterocycles. The molecule has 0 fully saturated rings. The predicted molar refractivity (Wildman–Crippen MR) is 150 cm³/mol. The summed E-state index contributed by atoms with van der Waals surface area (Å²) in [6, 6.07) is 12.1. The topological polar surface area (TPSA) is 44.8 Å². The number of para-hydroxylation sites is 1. The van der Waals surface area contributed by atoms with Crippen LogP contribution >= 0.6 is 0 Å². The molecule has 36 heavy (non-hydrogen) atoms. The van der Waals surface area contributed by atoms with Crippen LogP contribution in [0.2, 0.25) is 0 Å². The van der Waals surface area contributed by atoms with Gasteiger partial charge in [-0.3, -0.25) is 4.79 Å². The van der Waals surface area contributed by atoms with Gasteiger partial charge in [-0.15, -0.1) is 0 Å². The maximum atomic E-state index is 13.6. The first kappa shape index (κ1) is 29.7. The molecule has 0 saturated heterocycles. The maximum Gasteiger partial charge on any atom is 0.172 e. The van der Waals surface area contributed by atoms with Gasteiger partial charge in [0.1, 0.15) is 5.75 Å². The van der Waals surface area contributed by atoms with Gasteiger partial charge in [0.15, 0.2) is 17.3 Å². The van der Waals surface area contributed by atoms with Crippen molar-refractivity contribution in [3.63, 3.8) is 0 Å². The lowest BCUT2D eigenvalue weighted by Crippen LogP contribution is -2.17. The zero-order valence-electron chi connectivity index (χ0n) is 23.7. The number of ether oxygens (including phenoxy) is 3. The number of ketones is 1. The van der Waals surface area contributed by atoms with Crippen LogP contribution in [0, 0.1) is 0 Å². The molecule has 2 aromatic carbocycles. The van der Waals surface area contributed by atoms with E-state index in [2.05, 4.69) is 66.7 Å². The van der Waals surface area contributed by atoms with Gasteiger partial charge in [-0.1, -0.05) is 65.2 Å². The molecule has 0 radical (unpaired) electrons. The highest BCUT2D eigenvalue weighted by Crippen LogP contribution is 2.35. The molecule has 0 bridgehead atoms. The number of hydrogen-bond acceptors (Lipinski definition) is 4. The van der Waals surface area contributed by atoms with Crippen LogP contribution in [0.1, 0.15) is 115 Å². The molecule has 4 nitrogen and oxygen atoms in total. The minimum Gasteiger partial charge on any atom is -0.490 e. The summed E-state index contributed by atoms with van der Waals surface area (Å²) in [5, 5.41) is 0. The van der Waals surface area contributed by atoms with Crippen molar-refractivity contribution in [2.75, 3.05) is 0 Å². The first-order chi connectivity index (χ1) is 17.3. The maximum absolute atomic E-state index is 13.6.